The van der Waals surface area contributed by atoms with E-state index in [1.54, 1.807) is 7.05 Å². The van der Waals surface area contributed by atoms with Gasteiger partial charge in [-0.25, -0.2) is 4.39 Å². The molecule has 43 heavy (non-hydrogen) atoms. The Morgan fingerprint density at radius 3 is 2.35 bits per heavy atom. The first-order chi connectivity index (χ1) is 20.5. The van der Waals surface area contributed by atoms with Crippen LogP contribution in [0.25, 0.3) is 11.1 Å². The molecule has 3 N–H and O–H groups in total. The van der Waals surface area contributed by atoms with Gasteiger partial charge in [-0.1, -0.05) is 49.6 Å². The van der Waals surface area contributed by atoms with Gasteiger partial charge in [0, 0.05) is 13.0 Å². The first-order valence-electron chi connectivity index (χ1n) is 13.7. The number of hydrogen-bond acceptors (Lipinski definition) is 6. The number of benzene rings is 3. The van der Waals surface area contributed by atoms with Crippen molar-refractivity contribution in [2.45, 2.75) is 37.8 Å². The van der Waals surface area contributed by atoms with Crippen LogP contribution in [0.3, 0.4) is 0 Å². The van der Waals surface area contributed by atoms with E-state index in [-0.39, 0.29) is 29.9 Å². The number of carbonyl (C=O) groups excluding carboxylic acids is 1. The van der Waals surface area contributed by atoms with Crippen molar-refractivity contribution in [3.63, 3.8) is 0 Å². The minimum Gasteiger partial charge on any atom is -0.490 e. The molecule has 1 amide bonds. The van der Waals surface area contributed by atoms with E-state index in [2.05, 4.69) is 65.1 Å². The summed E-state index contributed by atoms with van der Waals surface area (Å²) < 4.78 is 60.8. The first kappa shape index (κ1) is 33.7. The Morgan fingerprint density at radius 2 is 1.72 bits per heavy atom. The summed E-state index contributed by atoms with van der Waals surface area (Å²) in [5.41, 5.74) is 3.08. The predicted octanol–water partition coefficient (Wildman–Crippen LogP) is 7.00. The largest absolute Gasteiger partial charge is 0.490 e. The fraction of sp³-hybridized carbons (Fsp3) is 0.355. The number of carboxylic acid groups (broad SMARTS) is 1. The molecule has 12 heteroatoms. The number of alkyl halides is 3. The maximum Gasteiger partial charge on any atom is 0.416 e. The van der Waals surface area contributed by atoms with Crippen LogP contribution in [0.5, 0.6) is 5.75 Å². The van der Waals surface area contributed by atoms with Gasteiger partial charge >= 0.3 is 6.18 Å². The molecule has 0 saturated heterocycles. The number of likely N-dealkylation sites (N-methyl/N-ethyl adjacent to an activating group) is 1. The van der Waals surface area contributed by atoms with Crippen LogP contribution in [0.2, 0.25) is 0 Å². The van der Waals surface area contributed by atoms with Gasteiger partial charge in [0.05, 0.1) is 23.5 Å². The zero-order valence-corrected chi connectivity index (χ0v) is 24.7. The second kappa shape index (κ2) is 15.6. The minimum absolute atomic E-state index is 0.180. The molecule has 3 aromatic rings. The van der Waals surface area contributed by atoms with E-state index in [4.69, 9.17) is 14.6 Å². The second-order valence-corrected chi connectivity index (χ2v) is 10.6. The average molecular weight is 622 g/mol. The lowest BCUT2D eigenvalue weighted by atomic mass is 9.77. The third-order valence-electron chi connectivity index (χ3n) is 7.37. The van der Waals surface area contributed by atoms with Crippen LogP contribution < -0.4 is 19.7 Å². The van der Waals surface area contributed by atoms with Crippen LogP contribution in [0.1, 0.15) is 42.7 Å². The summed E-state index contributed by atoms with van der Waals surface area (Å²) in [5, 5.41) is 9.38. The molecule has 232 valence electrons. The van der Waals surface area contributed by atoms with E-state index < -0.39 is 17.6 Å². The highest BCUT2D eigenvalue weighted by molar-refractivity contribution is 7.78. The first-order valence-corrected chi connectivity index (χ1v) is 14.1. The summed E-state index contributed by atoms with van der Waals surface area (Å²) in [6, 6.07) is 16.7. The molecule has 2 aliphatic rings. The standard InChI is InChI=1S/C29H28F4N2O2.CH5NS.CH2O2/c1-35-13-14-37-27-12-9-21(16-26(27)35)19-7-5-18(6-8-19)20-3-2-4-22(15-20)28(36)34-25-11-10-23(17-24(25)30)29(31,32)33;1-2-3;2-1-3/h5-12,16-17,20,22H,2-4,13-15H2,1H3,(H,34,36);2-3H,1H3;1H,(H,2,3). The number of ether oxygens (including phenoxy) is 1. The maximum atomic E-state index is 14.2. The summed E-state index contributed by atoms with van der Waals surface area (Å²) in [5.74, 6) is -0.723. The Hall–Kier alpha value is -3.77. The highest BCUT2D eigenvalue weighted by atomic mass is 32.1. The number of thiol groups is 1. The van der Waals surface area contributed by atoms with Crippen molar-refractivity contribution < 1.29 is 37.0 Å². The molecule has 0 bridgehead atoms. The van der Waals surface area contributed by atoms with Crippen LogP contribution in [-0.4, -0.2) is 44.7 Å². The number of nitrogens with zero attached hydrogens (tertiary/aromatic N) is 1. The summed E-state index contributed by atoms with van der Waals surface area (Å²) in [7, 11) is 3.79. The monoisotopic (exact) mass is 621 g/mol. The molecular formula is C31H35F4N3O4S. The quantitative estimate of drug-likeness (QED) is 0.143. The van der Waals surface area contributed by atoms with Gasteiger partial charge in [-0.3, -0.25) is 14.3 Å². The highest BCUT2D eigenvalue weighted by Crippen LogP contribution is 2.39. The molecule has 7 nitrogen and oxygen atoms in total. The predicted molar refractivity (Wildman–Crippen MR) is 162 cm³/mol. The lowest BCUT2D eigenvalue weighted by Crippen LogP contribution is -2.28. The molecule has 1 fully saturated rings. The Bertz CT molecular complexity index is 1370. The van der Waals surface area contributed by atoms with E-state index in [1.807, 2.05) is 12.1 Å². The molecule has 5 rings (SSSR count). The molecular weight excluding hydrogens is 586 g/mol. The molecule has 1 aliphatic carbocycles. The van der Waals surface area contributed by atoms with Gasteiger partial charge in [0.1, 0.15) is 18.2 Å². The smallest absolute Gasteiger partial charge is 0.416 e. The summed E-state index contributed by atoms with van der Waals surface area (Å²) in [6.45, 7) is 1.27. The zero-order chi connectivity index (χ0) is 31.6. The summed E-state index contributed by atoms with van der Waals surface area (Å²) in [6.07, 6.45) is -1.59. The van der Waals surface area contributed by atoms with Crippen LogP contribution >= 0.6 is 12.8 Å². The number of carbonyl (C=O) groups is 2. The van der Waals surface area contributed by atoms with Crippen molar-refractivity contribution in [2.75, 3.05) is 37.5 Å². The fourth-order valence-corrected chi connectivity index (χ4v) is 5.24. The number of rotatable bonds is 4. The maximum absolute atomic E-state index is 14.2. The van der Waals surface area contributed by atoms with Gasteiger partial charge in [-0.2, -0.15) is 13.2 Å². The number of hydrogen-bond donors (Lipinski definition) is 4. The fourth-order valence-electron chi connectivity index (χ4n) is 5.24. The third kappa shape index (κ3) is 9.11. The number of nitrogens with one attached hydrogen (secondary N) is 2. The molecule has 3 aromatic carbocycles. The zero-order valence-electron chi connectivity index (χ0n) is 23.8. The molecule has 1 aliphatic heterocycles. The highest BCUT2D eigenvalue weighted by Gasteiger charge is 2.32. The third-order valence-corrected chi connectivity index (χ3v) is 7.37. The van der Waals surface area contributed by atoms with Crippen LogP contribution in [0.15, 0.2) is 60.7 Å². The van der Waals surface area contributed by atoms with Crippen LogP contribution in [0, 0.1) is 11.7 Å². The van der Waals surface area contributed by atoms with Gasteiger partial charge in [0.25, 0.3) is 6.47 Å². The SMILES string of the molecule is CN1CCOc2ccc(-c3ccc(C4CCCC(C(=O)Nc5ccc(C(F)(F)F)cc5F)C4)cc3)cc21.CNS.O=CO. The lowest BCUT2D eigenvalue weighted by Gasteiger charge is -2.29. The van der Waals surface area contributed by atoms with Crippen molar-refractivity contribution in [2.24, 2.45) is 5.92 Å². The number of amides is 1. The Balaban J connectivity index is 0.000000780. The van der Waals surface area contributed by atoms with E-state index in [0.717, 1.165) is 59.6 Å². The molecule has 1 heterocycles. The summed E-state index contributed by atoms with van der Waals surface area (Å²) >= 11 is 3.54. The Kier molecular flexibility index (Phi) is 12.3. The van der Waals surface area contributed by atoms with Crippen molar-refractivity contribution in [1.29, 1.82) is 0 Å². The van der Waals surface area contributed by atoms with Crippen LogP contribution in [0.4, 0.5) is 28.9 Å². The van der Waals surface area contributed by atoms with Crippen LogP contribution in [-0.2, 0) is 15.8 Å². The van der Waals surface area contributed by atoms with Crippen molar-refractivity contribution in [1.82, 2.24) is 4.72 Å². The van der Waals surface area contributed by atoms with Gasteiger partial charge in [-0.05, 0) is 79.3 Å². The van der Waals surface area contributed by atoms with Crippen molar-refractivity contribution in [3.05, 3.63) is 77.6 Å². The molecule has 0 radical (unpaired) electrons. The second-order valence-electron chi connectivity index (χ2n) is 10.1. The van der Waals surface area contributed by atoms with E-state index in [0.29, 0.717) is 25.5 Å². The van der Waals surface area contributed by atoms with E-state index in [1.165, 1.54) is 0 Å². The lowest BCUT2D eigenvalue weighted by molar-refractivity contribution is -0.137. The van der Waals surface area contributed by atoms with Gasteiger partial charge in [0.15, 0.2) is 0 Å². The molecule has 0 spiro atoms. The molecule has 2 atom stereocenters. The van der Waals surface area contributed by atoms with Gasteiger partial charge in [0.2, 0.25) is 5.91 Å². The van der Waals surface area contributed by atoms with E-state index >= 15 is 0 Å². The Labute approximate surface area is 253 Å². The number of halogens is 4. The normalized spacial score (nSPS) is 17.6. The van der Waals surface area contributed by atoms with Crippen molar-refractivity contribution >= 4 is 36.6 Å². The van der Waals surface area contributed by atoms with Gasteiger partial charge in [-0.15, -0.1) is 0 Å². The van der Waals surface area contributed by atoms with Gasteiger partial charge < -0.3 is 20.1 Å². The molecule has 2 unspecified atom stereocenters. The number of fused-ring (bicyclic) bond motifs is 1. The minimum atomic E-state index is -4.64. The van der Waals surface area contributed by atoms with Crippen molar-refractivity contribution in [3.8, 4) is 16.9 Å². The van der Waals surface area contributed by atoms with E-state index in [9.17, 15) is 22.4 Å². The topological polar surface area (TPSA) is 90.9 Å². The Morgan fingerprint density at radius 1 is 1.07 bits per heavy atom. The summed E-state index contributed by atoms with van der Waals surface area (Å²) in [4.78, 5) is 23.4. The number of anilines is 2. The average Bonchev–Trinajstić information content (AvgIpc) is 2.99. The molecule has 0 aromatic heterocycles. The molecule has 1 saturated carbocycles.